The van der Waals surface area contributed by atoms with Crippen LogP contribution in [-0.4, -0.2) is 19.9 Å². The Bertz CT molecular complexity index is 688. The molecule has 0 unspecified atom stereocenters. The Balaban J connectivity index is 2.25. The number of aromatic hydroxyl groups is 1. The summed E-state index contributed by atoms with van der Waals surface area (Å²) < 4.78 is 1.60. The van der Waals surface area contributed by atoms with Crippen LogP contribution in [0.2, 0.25) is 0 Å². The van der Waals surface area contributed by atoms with E-state index >= 15 is 0 Å². The van der Waals surface area contributed by atoms with Gasteiger partial charge in [-0.3, -0.25) is 0 Å². The van der Waals surface area contributed by atoms with E-state index in [0.29, 0.717) is 11.2 Å². The lowest BCUT2D eigenvalue weighted by Gasteiger charge is -2.04. The molecule has 0 spiro atoms. The molecule has 0 atom stereocenters. The summed E-state index contributed by atoms with van der Waals surface area (Å²) in [7, 11) is 0. The van der Waals surface area contributed by atoms with E-state index in [1.807, 2.05) is 37.3 Å². The molecule has 2 heterocycles. The van der Waals surface area contributed by atoms with Gasteiger partial charge in [-0.15, -0.1) is 0 Å². The second kappa shape index (κ2) is 3.59. The fourth-order valence-electron chi connectivity index (χ4n) is 1.73. The highest BCUT2D eigenvalue weighted by Gasteiger charge is 2.07. The van der Waals surface area contributed by atoms with Crippen molar-refractivity contribution in [3.05, 3.63) is 48.3 Å². The van der Waals surface area contributed by atoms with Crippen molar-refractivity contribution >= 4 is 10.9 Å². The third-order valence-corrected chi connectivity index (χ3v) is 2.56. The molecule has 0 saturated carbocycles. The van der Waals surface area contributed by atoms with E-state index in [4.69, 9.17) is 0 Å². The van der Waals surface area contributed by atoms with Crippen LogP contribution in [0.15, 0.2) is 36.5 Å². The number of benzene rings is 1. The Hall–Kier alpha value is -2.36. The number of aromatic nitrogens is 3. The fraction of sp³-hybridized carbons (Fsp3) is 0.0769. The first-order valence-corrected chi connectivity index (χ1v) is 5.28. The number of pyridine rings is 1. The lowest BCUT2D eigenvalue weighted by molar-refractivity contribution is 0.479. The minimum absolute atomic E-state index is 0.0961. The van der Waals surface area contributed by atoms with Crippen LogP contribution in [0.5, 0.6) is 5.75 Å². The van der Waals surface area contributed by atoms with Gasteiger partial charge in [0, 0.05) is 11.6 Å². The molecule has 4 nitrogen and oxygen atoms in total. The van der Waals surface area contributed by atoms with Crippen molar-refractivity contribution in [1.29, 1.82) is 0 Å². The molecule has 0 bridgehead atoms. The molecule has 0 saturated heterocycles. The topological polar surface area (TPSA) is 50.9 Å². The number of aryl methyl sites for hydroxylation is 1. The van der Waals surface area contributed by atoms with Gasteiger partial charge in [-0.2, -0.15) is 5.10 Å². The summed E-state index contributed by atoms with van der Waals surface area (Å²) in [6, 6.07) is 12.1. The summed E-state index contributed by atoms with van der Waals surface area (Å²) in [6.07, 6.45) is 1.79. The Morgan fingerprint density at radius 1 is 1.24 bits per heavy atom. The predicted molar refractivity (Wildman–Crippen MR) is 64.1 cm³/mol. The first kappa shape index (κ1) is 9.84. The molecule has 4 heteroatoms. The Morgan fingerprint density at radius 2 is 2.06 bits per heavy atom. The van der Waals surface area contributed by atoms with Crippen LogP contribution in [0, 0.1) is 13.0 Å². The molecule has 0 amide bonds. The van der Waals surface area contributed by atoms with Crippen LogP contribution in [0.25, 0.3) is 16.7 Å². The number of rotatable bonds is 1. The zero-order chi connectivity index (χ0) is 11.8. The van der Waals surface area contributed by atoms with E-state index in [-0.39, 0.29) is 5.75 Å². The third kappa shape index (κ3) is 1.63. The standard InChI is InChI=1S/C13H10N3O/c1-9-6-7-16(15-9)13-8-12(17)10-4-2-3-5-11(10)14-13/h2-7H,1H3,(H,14,17). The van der Waals surface area contributed by atoms with E-state index < -0.39 is 0 Å². The van der Waals surface area contributed by atoms with Crippen LogP contribution >= 0.6 is 0 Å². The molecular weight excluding hydrogens is 214 g/mol. The van der Waals surface area contributed by atoms with Crippen molar-refractivity contribution in [3.8, 4) is 11.6 Å². The molecule has 3 rings (SSSR count). The Kier molecular flexibility index (Phi) is 2.08. The highest BCUT2D eigenvalue weighted by molar-refractivity contribution is 5.85. The summed E-state index contributed by atoms with van der Waals surface area (Å²) >= 11 is 0. The lowest BCUT2D eigenvalue weighted by atomic mass is 10.2. The van der Waals surface area contributed by atoms with Gasteiger partial charge in [-0.1, -0.05) is 12.1 Å². The summed E-state index contributed by atoms with van der Waals surface area (Å²) in [4.78, 5) is 4.40. The van der Waals surface area contributed by atoms with E-state index in [1.54, 1.807) is 10.9 Å². The molecule has 0 fully saturated rings. The number of hydrogen-bond acceptors (Lipinski definition) is 3. The van der Waals surface area contributed by atoms with Crippen LogP contribution in [0.1, 0.15) is 5.69 Å². The molecule has 1 radical (unpaired) electrons. The first-order chi connectivity index (χ1) is 8.24. The molecule has 0 aliphatic carbocycles. The number of nitrogens with zero attached hydrogens (tertiary/aromatic N) is 3. The molecule has 1 aromatic carbocycles. The molecule has 0 aliphatic heterocycles. The molecule has 17 heavy (non-hydrogen) atoms. The van der Waals surface area contributed by atoms with Crippen molar-refractivity contribution in [1.82, 2.24) is 14.8 Å². The van der Waals surface area contributed by atoms with Crippen molar-refractivity contribution in [2.45, 2.75) is 6.92 Å². The zero-order valence-electron chi connectivity index (χ0n) is 9.25. The Morgan fingerprint density at radius 3 is 2.82 bits per heavy atom. The molecule has 0 aliphatic rings. The third-order valence-electron chi connectivity index (χ3n) is 2.56. The van der Waals surface area contributed by atoms with Gasteiger partial charge in [0.2, 0.25) is 0 Å². The molecule has 3 aromatic rings. The van der Waals surface area contributed by atoms with Gasteiger partial charge in [-0.25, -0.2) is 9.67 Å². The highest BCUT2D eigenvalue weighted by atomic mass is 16.3. The van der Waals surface area contributed by atoms with Gasteiger partial charge >= 0.3 is 0 Å². The summed E-state index contributed by atoms with van der Waals surface area (Å²) in [5.74, 6) is 0.591. The maximum atomic E-state index is 9.88. The van der Waals surface area contributed by atoms with Crippen LogP contribution in [-0.2, 0) is 0 Å². The largest absolute Gasteiger partial charge is 0.506 e. The second-order valence-corrected chi connectivity index (χ2v) is 3.83. The van der Waals surface area contributed by atoms with Gasteiger partial charge in [0.05, 0.1) is 17.3 Å². The molecule has 1 N–H and O–H groups in total. The quantitative estimate of drug-likeness (QED) is 0.689. The smallest absolute Gasteiger partial charge is 0.165 e. The maximum absolute atomic E-state index is 9.88. The lowest BCUT2D eigenvalue weighted by Crippen LogP contribution is -1.99. The van der Waals surface area contributed by atoms with Gasteiger partial charge in [0.15, 0.2) is 5.82 Å². The van der Waals surface area contributed by atoms with Crippen molar-refractivity contribution in [2.24, 2.45) is 0 Å². The summed E-state index contributed by atoms with van der Waals surface area (Å²) in [5.41, 5.74) is 1.62. The average Bonchev–Trinajstić information content (AvgIpc) is 2.76. The molecule has 83 valence electrons. The van der Waals surface area contributed by atoms with E-state index in [0.717, 1.165) is 11.2 Å². The fourth-order valence-corrected chi connectivity index (χ4v) is 1.73. The van der Waals surface area contributed by atoms with Crippen LogP contribution in [0.4, 0.5) is 0 Å². The van der Waals surface area contributed by atoms with E-state index in [2.05, 4.69) is 16.1 Å². The predicted octanol–water partition coefficient (Wildman–Crippen LogP) is 2.23. The average molecular weight is 224 g/mol. The van der Waals surface area contributed by atoms with Crippen molar-refractivity contribution in [3.63, 3.8) is 0 Å². The second-order valence-electron chi connectivity index (χ2n) is 3.83. The number of hydrogen-bond donors (Lipinski definition) is 1. The minimum atomic E-state index is 0.0961. The molecule has 2 aromatic heterocycles. The maximum Gasteiger partial charge on any atom is 0.165 e. The van der Waals surface area contributed by atoms with Crippen molar-refractivity contribution in [2.75, 3.05) is 0 Å². The SMILES string of the molecule is Cc1ccn(-c2[c]c(O)c3ccccc3n2)n1. The minimum Gasteiger partial charge on any atom is -0.506 e. The highest BCUT2D eigenvalue weighted by Crippen LogP contribution is 2.24. The Labute approximate surface area is 98.2 Å². The van der Waals surface area contributed by atoms with Gasteiger partial charge in [-0.05, 0) is 25.1 Å². The zero-order valence-corrected chi connectivity index (χ0v) is 9.25. The van der Waals surface area contributed by atoms with Crippen LogP contribution in [0.3, 0.4) is 0 Å². The van der Waals surface area contributed by atoms with Gasteiger partial charge in [0.1, 0.15) is 5.75 Å². The van der Waals surface area contributed by atoms with Crippen molar-refractivity contribution < 1.29 is 5.11 Å². The van der Waals surface area contributed by atoms with E-state index in [1.165, 1.54) is 0 Å². The van der Waals surface area contributed by atoms with Gasteiger partial charge in [0.25, 0.3) is 0 Å². The monoisotopic (exact) mass is 224 g/mol. The van der Waals surface area contributed by atoms with Gasteiger partial charge < -0.3 is 5.11 Å². The van der Waals surface area contributed by atoms with Crippen LogP contribution < -0.4 is 0 Å². The summed E-state index contributed by atoms with van der Waals surface area (Å²) in [5, 5.41) is 14.8. The first-order valence-electron chi connectivity index (χ1n) is 5.28. The number of fused-ring (bicyclic) bond motifs is 1. The summed E-state index contributed by atoms with van der Waals surface area (Å²) in [6.45, 7) is 1.90. The normalized spacial score (nSPS) is 10.9. The molecular formula is C13H10N3O. The van der Waals surface area contributed by atoms with E-state index in [9.17, 15) is 5.11 Å². The number of para-hydroxylation sites is 1.